The van der Waals surface area contributed by atoms with E-state index in [9.17, 15) is 4.79 Å². The van der Waals surface area contributed by atoms with Crippen LogP contribution in [0, 0.1) is 6.92 Å². The molecular formula is C22H24N2OS2. The Kier molecular flexibility index (Phi) is 6.69. The second kappa shape index (κ2) is 9.20. The van der Waals surface area contributed by atoms with Gasteiger partial charge in [0.25, 0.3) is 5.91 Å². The molecule has 0 unspecified atom stereocenters. The fourth-order valence-electron chi connectivity index (χ4n) is 2.76. The highest BCUT2D eigenvalue weighted by atomic mass is 32.2. The zero-order valence-corrected chi connectivity index (χ0v) is 17.5. The Morgan fingerprint density at radius 3 is 2.56 bits per heavy atom. The highest BCUT2D eigenvalue weighted by molar-refractivity contribution is 8.00. The molecule has 1 aromatic heterocycles. The van der Waals surface area contributed by atoms with Crippen LogP contribution in [0.5, 0.6) is 0 Å². The Bertz CT molecular complexity index is 901. The molecule has 0 aliphatic carbocycles. The minimum absolute atomic E-state index is 0.00619. The molecule has 140 valence electrons. The maximum atomic E-state index is 12.5. The quantitative estimate of drug-likeness (QED) is 0.529. The van der Waals surface area contributed by atoms with Gasteiger partial charge in [-0.1, -0.05) is 50.2 Å². The molecule has 0 saturated carbocycles. The van der Waals surface area contributed by atoms with Gasteiger partial charge in [-0.15, -0.1) is 23.1 Å². The summed E-state index contributed by atoms with van der Waals surface area (Å²) in [4.78, 5) is 18.1. The lowest BCUT2D eigenvalue weighted by Crippen LogP contribution is -2.26. The van der Waals surface area contributed by atoms with Crippen molar-refractivity contribution in [2.75, 3.05) is 6.54 Å². The number of hydrogen-bond acceptors (Lipinski definition) is 4. The van der Waals surface area contributed by atoms with Gasteiger partial charge in [-0.25, -0.2) is 4.98 Å². The summed E-state index contributed by atoms with van der Waals surface area (Å²) in [5.41, 5.74) is 4.12. The molecule has 0 saturated heterocycles. The average molecular weight is 397 g/mol. The zero-order valence-electron chi connectivity index (χ0n) is 15.9. The van der Waals surface area contributed by atoms with E-state index in [-0.39, 0.29) is 5.91 Å². The number of amides is 1. The molecule has 1 amide bonds. The van der Waals surface area contributed by atoms with Crippen LogP contribution in [0.25, 0.3) is 11.3 Å². The molecule has 0 fully saturated rings. The fourth-order valence-corrected chi connectivity index (χ4v) is 4.34. The molecule has 3 aromatic rings. The van der Waals surface area contributed by atoms with Crippen molar-refractivity contribution in [1.82, 2.24) is 10.3 Å². The minimum Gasteiger partial charge on any atom is -0.352 e. The highest BCUT2D eigenvalue weighted by Crippen LogP contribution is 2.26. The molecule has 0 bridgehead atoms. The number of nitrogens with one attached hydrogen (secondary N) is 1. The van der Waals surface area contributed by atoms with Crippen LogP contribution in [0.2, 0.25) is 0 Å². The molecular weight excluding hydrogens is 372 g/mol. The largest absolute Gasteiger partial charge is 0.352 e. The van der Waals surface area contributed by atoms with Gasteiger partial charge in [0, 0.05) is 27.6 Å². The first-order chi connectivity index (χ1) is 13.0. The Morgan fingerprint density at radius 2 is 1.89 bits per heavy atom. The number of aromatic nitrogens is 1. The minimum atomic E-state index is -0.00619. The van der Waals surface area contributed by atoms with E-state index in [1.165, 1.54) is 5.56 Å². The lowest BCUT2D eigenvalue weighted by Gasteiger charge is -2.11. The van der Waals surface area contributed by atoms with Crippen molar-refractivity contribution >= 4 is 29.0 Å². The van der Waals surface area contributed by atoms with Crippen molar-refractivity contribution in [2.24, 2.45) is 0 Å². The van der Waals surface area contributed by atoms with Crippen molar-refractivity contribution in [3.63, 3.8) is 0 Å². The fraction of sp³-hybridized carbons (Fsp3) is 0.273. The van der Waals surface area contributed by atoms with Crippen LogP contribution in [0.3, 0.4) is 0 Å². The number of rotatable bonds is 7. The second-order valence-corrected chi connectivity index (χ2v) is 9.30. The average Bonchev–Trinajstić information content (AvgIpc) is 3.08. The molecule has 3 rings (SSSR count). The zero-order chi connectivity index (χ0) is 19.2. The Balaban J connectivity index is 1.56. The van der Waals surface area contributed by atoms with Gasteiger partial charge in [-0.05, 0) is 31.0 Å². The van der Waals surface area contributed by atoms with Crippen LogP contribution < -0.4 is 5.32 Å². The number of hydrogen-bond donors (Lipinski definition) is 1. The first-order valence-electron chi connectivity index (χ1n) is 9.08. The molecule has 0 atom stereocenters. The molecule has 1 heterocycles. The molecule has 3 nitrogen and oxygen atoms in total. The third-order valence-electron chi connectivity index (χ3n) is 4.06. The molecule has 5 heteroatoms. The Labute approximate surface area is 169 Å². The van der Waals surface area contributed by atoms with Crippen LogP contribution in [-0.4, -0.2) is 22.7 Å². The predicted molar refractivity (Wildman–Crippen MR) is 116 cm³/mol. The number of carbonyl (C=O) groups excluding carboxylic acids is 1. The number of aryl methyl sites for hydroxylation is 1. The maximum absolute atomic E-state index is 12.5. The third kappa shape index (κ3) is 5.44. The summed E-state index contributed by atoms with van der Waals surface area (Å²) >= 11 is 3.38. The van der Waals surface area contributed by atoms with Crippen molar-refractivity contribution in [2.45, 2.75) is 37.3 Å². The lowest BCUT2D eigenvalue weighted by atomic mass is 10.1. The topological polar surface area (TPSA) is 42.0 Å². The third-order valence-corrected chi connectivity index (χ3v) is 5.92. The van der Waals surface area contributed by atoms with E-state index >= 15 is 0 Å². The predicted octanol–water partition coefficient (Wildman–Crippen LogP) is 5.59. The number of benzene rings is 2. The van der Waals surface area contributed by atoms with Crippen molar-refractivity contribution in [1.29, 1.82) is 0 Å². The summed E-state index contributed by atoms with van der Waals surface area (Å²) in [6, 6.07) is 16.2. The summed E-state index contributed by atoms with van der Waals surface area (Å²) < 4.78 is 0. The Morgan fingerprint density at radius 1 is 1.15 bits per heavy atom. The van der Waals surface area contributed by atoms with E-state index in [1.807, 2.05) is 31.2 Å². The standard InChI is InChI=1S/C22H24N2OS2/c1-15(2)27-21-7-5-4-6-19(21)22(25)23-13-12-17-8-10-18(11-9-17)20-14-26-16(3)24-20/h4-11,14-15H,12-13H2,1-3H3,(H,23,25). The normalized spacial score (nSPS) is 11.0. The van der Waals surface area contributed by atoms with Crippen LogP contribution >= 0.6 is 23.1 Å². The van der Waals surface area contributed by atoms with E-state index in [4.69, 9.17) is 0 Å². The molecule has 0 aliphatic heterocycles. The van der Waals surface area contributed by atoms with E-state index in [0.29, 0.717) is 11.8 Å². The highest BCUT2D eigenvalue weighted by Gasteiger charge is 2.12. The summed E-state index contributed by atoms with van der Waals surface area (Å²) in [5, 5.41) is 6.65. The summed E-state index contributed by atoms with van der Waals surface area (Å²) in [6.45, 7) is 6.91. The van der Waals surface area contributed by atoms with Gasteiger partial charge in [0.15, 0.2) is 0 Å². The number of thioether (sulfide) groups is 1. The van der Waals surface area contributed by atoms with E-state index in [2.05, 4.69) is 53.8 Å². The van der Waals surface area contributed by atoms with Gasteiger partial charge >= 0.3 is 0 Å². The van der Waals surface area contributed by atoms with Gasteiger partial charge in [0.05, 0.1) is 16.3 Å². The monoisotopic (exact) mass is 396 g/mol. The molecule has 0 aliphatic rings. The second-order valence-electron chi connectivity index (χ2n) is 6.62. The molecule has 2 aromatic carbocycles. The van der Waals surface area contributed by atoms with Crippen LogP contribution in [0.1, 0.15) is 34.8 Å². The smallest absolute Gasteiger partial charge is 0.252 e. The first-order valence-corrected chi connectivity index (χ1v) is 10.8. The van der Waals surface area contributed by atoms with Crippen LogP contribution in [0.15, 0.2) is 58.8 Å². The molecule has 0 spiro atoms. The maximum Gasteiger partial charge on any atom is 0.252 e. The van der Waals surface area contributed by atoms with Crippen LogP contribution in [0.4, 0.5) is 0 Å². The van der Waals surface area contributed by atoms with Gasteiger partial charge in [-0.3, -0.25) is 4.79 Å². The molecule has 1 N–H and O–H groups in total. The first kappa shape index (κ1) is 19.6. The lowest BCUT2D eigenvalue weighted by molar-refractivity contribution is 0.0951. The van der Waals surface area contributed by atoms with Gasteiger partial charge in [0.1, 0.15) is 0 Å². The SMILES string of the molecule is Cc1nc(-c2ccc(CCNC(=O)c3ccccc3SC(C)C)cc2)cs1. The molecule has 0 radical (unpaired) electrons. The van der Waals surface area contributed by atoms with Gasteiger partial charge < -0.3 is 5.32 Å². The number of nitrogens with zero attached hydrogens (tertiary/aromatic N) is 1. The van der Waals surface area contributed by atoms with Gasteiger partial charge in [0.2, 0.25) is 0 Å². The Hall–Kier alpha value is -2.11. The van der Waals surface area contributed by atoms with Crippen molar-refractivity contribution < 1.29 is 4.79 Å². The summed E-state index contributed by atoms with van der Waals surface area (Å²) in [5.74, 6) is -0.00619. The summed E-state index contributed by atoms with van der Waals surface area (Å²) in [7, 11) is 0. The van der Waals surface area contributed by atoms with Crippen molar-refractivity contribution in [3.8, 4) is 11.3 Å². The van der Waals surface area contributed by atoms with Gasteiger partial charge in [-0.2, -0.15) is 0 Å². The van der Waals surface area contributed by atoms with E-state index < -0.39 is 0 Å². The number of carbonyl (C=O) groups is 1. The summed E-state index contributed by atoms with van der Waals surface area (Å²) in [6.07, 6.45) is 0.807. The van der Waals surface area contributed by atoms with E-state index in [0.717, 1.165) is 33.1 Å². The van der Waals surface area contributed by atoms with Crippen molar-refractivity contribution in [3.05, 3.63) is 70.0 Å². The molecule has 27 heavy (non-hydrogen) atoms. The van der Waals surface area contributed by atoms with E-state index in [1.54, 1.807) is 23.1 Å². The number of thiazole rings is 1. The van der Waals surface area contributed by atoms with Crippen LogP contribution in [-0.2, 0) is 6.42 Å².